The number of aromatic nitrogens is 4. The first-order valence-electron chi connectivity index (χ1n) is 8.22. The zero-order chi connectivity index (χ0) is 19.0. The van der Waals surface area contributed by atoms with Crippen LogP contribution in [0.1, 0.15) is 16.6 Å². The zero-order valence-electron chi connectivity index (χ0n) is 13.9. The van der Waals surface area contributed by atoms with E-state index in [-0.39, 0.29) is 22.9 Å². The number of halogens is 1. The monoisotopic (exact) mass is 373 g/mol. The molecule has 0 aliphatic carbocycles. The fourth-order valence-electron chi connectivity index (χ4n) is 2.98. The molecule has 0 bridgehead atoms. The van der Waals surface area contributed by atoms with Crippen LogP contribution in [0.4, 0.5) is 10.2 Å². The van der Waals surface area contributed by atoms with E-state index >= 15 is 0 Å². The summed E-state index contributed by atoms with van der Waals surface area (Å²) in [5.41, 5.74) is 0.966. The molecule has 0 saturated carbocycles. The van der Waals surface area contributed by atoms with Gasteiger partial charge in [-0.15, -0.1) is 0 Å². The normalized spacial score (nSPS) is 25.0. The summed E-state index contributed by atoms with van der Waals surface area (Å²) >= 11 is 0. The van der Waals surface area contributed by atoms with E-state index in [0.29, 0.717) is 5.56 Å². The number of aliphatic hydroxyl groups excluding tert-OH is 2. The molecule has 27 heavy (non-hydrogen) atoms. The van der Waals surface area contributed by atoms with Crippen molar-refractivity contribution in [2.24, 2.45) is 0 Å². The number of benzene rings is 1. The van der Waals surface area contributed by atoms with Crippen LogP contribution in [-0.4, -0.2) is 60.6 Å². The van der Waals surface area contributed by atoms with Crippen molar-refractivity contribution < 1.29 is 24.1 Å². The molecule has 2 unspecified atom stereocenters. The van der Waals surface area contributed by atoms with Crippen LogP contribution in [-0.2, 0) is 4.74 Å². The van der Waals surface area contributed by atoms with Gasteiger partial charge in [-0.3, -0.25) is 9.36 Å². The fraction of sp³-hybridized carbons (Fsp3) is 0.294. The number of alkyl halides is 1. The number of amides is 1. The average Bonchev–Trinajstić information content (AvgIpc) is 3.25. The lowest BCUT2D eigenvalue weighted by molar-refractivity contribution is -0.0495. The molecule has 2 aromatic heterocycles. The number of nitrogens with one attached hydrogen (secondary N) is 1. The maximum atomic E-state index is 14.0. The van der Waals surface area contributed by atoms with Crippen molar-refractivity contribution in [3.63, 3.8) is 0 Å². The maximum Gasteiger partial charge on any atom is 0.256 e. The van der Waals surface area contributed by atoms with Crippen LogP contribution in [0.25, 0.3) is 11.2 Å². The van der Waals surface area contributed by atoms with Crippen molar-refractivity contribution in [2.45, 2.75) is 24.6 Å². The molecule has 4 rings (SSSR count). The first-order chi connectivity index (χ1) is 13.1. The summed E-state index contributed by atoms with van der Waals surface area (Å²) < 4.78 is 20.7. The summed E-state index contributed by atoms with van der Waals surface area (Å²) in [5.74, 6) is -0.193. The number of nitrogens with zero attached hydrogens (tertiary/aromatic N) is 4. The fourth-order valence-corrected chi connectivity index (χ4v) is 2.98. The highest BCUT2D eigenvalue weighted by molar-refractivity contribution is 6.06. The van der Waals surface area contributed by atoms with Gasteiger partial charge in [-0.2, -0.15) is 0 Å². The van der Waals surface area contributed by atoms with Gasteiger partial charge in [0, 0.05) is 5.56 Å². The molecule has 1 fully saturated rings. The largest absolute Gasteiger partial charge is 0.394 e. The predicted octanol–water partition coefficient (Wildman–Crippen LogP) is 0.667. The minimum Gasteiger partial charge on any atom is -0.394 e. The molecule has 10 heteroatoms. The smallest absolute Gasteiger partial charge is 0.256 e. The molecule has 1 amide bonds. The van der Waals surface area contributed by atoms with Crippen LogP contribution in [0.2, 0.25) is 0 Å². The third-order valence-corrected chi connectivity index (χ3v) is 4.37. The minimum absolute atomic E-state index is 0.176. The first kappa shape index (κ1) is 17.5. The van der Waals surface area contributed by atoms with E-state index in [1.807, 2.05) is 0 Å². The molecule has 1 aliphatic heterocycles. The van der Waals surface area contributed by atoms with E-state index in [9.17, 15) is 14.3 Å². The molecular weight excluding hydrogens is 357 g/mol. The summed E-state index contributed by atoms with van der Waals surface area (Å²) in [6.45, 7) is -0.561. The van der Waals surface area contributed by atoms with E-state index in [1.165, 1.54) is 17.2 Å². The lowest BCUT2D eigenvalue weighted by atomic mass is 10.1. The molecule has 9 nitrogen and oxygen atoms in total. The van der Waals surface area contributed by atoms with Gasteiger partial charge in [-0.25, -0.2) is 19.3 Å². The third-order valence-electron chi connectivity index (χ3n) is 4.37. The standard InChI is InChI=1S/C17H16FN5O4/c18-11-10(6-24)27-17(13(11)25)23-8-21-12-14(19-7-20-15(12)23)22-16(26)9-4-2-1-3-5-9/h1-5,7-8,10-11,13,17,24-25H,6H2,(H,19,20,22,26)/t10-,11?,13?,17-/m1/s1. The lowest BCUT2D eigenvalue weighted by Gasteiger charge is -2.16. The Kier molecular flexibility index (Phi) is 4.52. The number of imidazole rings is 1. The number of aliphatic hydroxyl groups is 2. The van der Waals surface area contributed by atoms with Crippen molar-refractivity contribution >= 4 is 22.9 Å². The van der Waals surface area contributed by atoms with Gasteiger partial charge < -0.3 is 20.3 Å². The van der Waals surface area contributed by atoms with Crippen molar-refractivity contribution in [2.75, 3.05) is 11.9 Å². The molecule has 140 valence electrons. The predicted molar refractivity (Wildman–Crippen MR) is 91.6 cm³/mol. The first-order valence-corrected chi connectivity index (χ1v) is 8.22. The van der Waals surface area contributed by atoms with Gasteiger partial charge in [0.1, 0.15) is 18.5 Å². The summed E-state index contributed by atoms with van der Waals surface area (Å²) in [4.78, 5) is 24.7. The number of carbonyl (C=O) groups excluding carboxylic acids is 1. The minimum atomic E-state index is -1.74. The molecule has 3 heterocycles. The molecule has 1 aliphatic rings. The van der Waals surface area contributed by atoms with Crippen LogP contribution in [0.5, 0.6) is 0 Å². The second-order valence-corrected chi connectivity index (χ2v) is 6.05. The molecule has 1 aromatic carbocycles. The van der Waals surface area contributed by atoms with Crippen LogP contribution < -0.4 is 5.32 Å². The Balaban J connectivity index is 1.65. The van der Waals surface area contributed by atoms with Gasteiger partial charge >= 0.3 is 0 Å². The number of hydrogen-bond acceptors (Lipinski definition) is 7. The summed E-state index contributed by atoms with van der Waals surface area (Å²) in [6.07, 6.45) is -2.93. The van der Waals surface area contributed by atoms with Crippen LogP contribution in [0.15, 0.2) is 43.0 Å². The van der Waals surface area contributed by atoms with E-state index in [2.05, 4.69) is 20.3 Å². The van der Waals surface area contributed by atoms with Crippen molar-refractivity contribution in [1.82, 2.24) is 19.5 Å². The lowest BCUT2D eigenvalue weighted by Crippen LogP contribution is -2.29. The van der Waals surface area contributed by atoms with Gasteiger partial charge in [0.25, 0.3) is 5.91 Å². The van der Waals surface area contributed by atoms with E-state index in [0.717, 1.165) is 0 Å². The number of ether oxygens (including phenoxy) is 1. The Hall–Kier alpha value is -2.95. The van der Waals surface area contributed by atoms with E-state index < -0.39 is 31.2 Å². The molecule has 0 spiro atoms. The number of anilines is 1. The van der Waals surface area contributed by atoms with Crippen LogP contribution >= 0.6 is 0 Å². The van der Waals surface area contributed by atoms with E-state index in [1.54, 1.807) is 30.3 Å². The molecule has 4 atom stereocenters. The number of rotatable bonds is 4. The Labute approximate surface area is 152 Å². The number of hydrogen-bond donors (Lipinski definition) is 3. The zero-order valence-corrected chi connectivity index (χ0v) is 13.9. The summed E-state index contributed by atoms with van der Waals surface area (Å²) in [7, 11) is 0. The topological polar surface area (TPSA) is 122 Å². The average molecular weight is 373 g/mol. The Morgan fingerprint density at radius 2 is 2.04 bits per heavy atom. The molecular formula is C17H16FN5O4. The van der Waals surface area contributed by atoms with Crippen molar-refractivity contribution in [3.8, 4) is 0 Å². The molecule has 1 saturated heterocycles. The Morgan fingerprint density at radius 3 is 2.74 bits per heavy atom. The second kappa shape index (κ2) is 6.99. The van der Waals surface area contributed by atoms with Gasteiger partial charge in [-0.1, -0.05) is 18.2 Å². The summed E-state index contributed by atoms with van der Waals surface area (Å²) in [5, 5.41) is 21.9. The highest BCUT2D eigenvalue weighted by Crippen LogP contribution is 2.33. The Morgan fingerprint density at radius 1 is 1.26 bits per heavy atom. The van der Waals surface area contributed by atoms with Gasteiger partial charge in [0.05, 0.1) is 12.9 Å². The van der Waals surface area contributed by atoms with Crippen LogP contribution in [0.3, 0.4) is 0 Å². The molecule has 0 radical (unpaired) electrons. The van der Waals surface area contributed by atoms with E-state index in [4.69, 9.17) is 9.84 Å². The van der Waals surface area contributed by atoms with Gasteiger partial charge in [0.15, 0.2) is 29.4 Å². The highest BCUT2D eigenvalue weighted by atomic mass is 19.1. The third kappa shape index (κ3) is 3.03. The second-order valence-electron chi connectivity index (χ2n) is 6.05. The summed E-state index contributed by atoms with van der Waals surface area (Å²) in [6, 6.07) is 8.59. The van der Waals surface area contributed by atoms with Gasteiger partial charge in [0.2, 0.25) is 0 Å². The van der Waals surface area contributed by atoms with Gasteiger partial charge in [-0.05, 0) is 12.1 Å². The highest BCUT2D eigenvalue weighted by Gasteiger charge is 2.45. The quantitative estimate of drug-likeness (QED) is 0.614. The van der Waals surface area contributed by atoms with Crippen LogP contribution in [0, 0.1) is 0 Å². The molecule has 3 N–H and O–H groups in total. The van der Waals surface area contributed by atoms with Crippen molar-refractivity contribution in [1.29, 1.82) is 0 Å². The number of fused-ring (bicyclic) bond motifs is 1. The number of carbonyl (C=O) groups is 1. The van der Waals surface area contributed by atoms with Crippen molar-refractivity contribution in [3.05, 3.63) is 48.5 Å². The SMILES string of the molecule is O=C(Nc1ncnc2c1ncn2[C@@H]1O[C@H](CO)C(F)C1O)c1ccccc1. The maximum absolute atomic E-state index is 14.0. The Bertz CT molecular complexity index is 966. The molecule has 3 aromatic rings.